The van der Waals surface area contributed by atoms with E-state index in [0.29, 0.717) is 5.69 Å². The van der Waals surface area contributed by atoms with E-state index in [-0.39, 0.29) is 18.0 Å². The van der Waals surface area contributed by atoms with Crippen molar-refractivity contribution in [3.8, 4) is 5.75 Å². The van der Waals surface area contributed by atoms with Crippen molar-refractivity contribution < 1.29 is 22.7 Å². The molecule has 2 N–H and O–H groups in total. The van der Waals surface area contributed by atoms with E-state index < -0.39 is 18.3 Å². The van der Waals surface area contributed by atoms with Crippen LogP contribution in [-0.4, -0.2) is 19.1 Å². The Balaban J connectivity index is 1.99. The molecular formula is C16H15F3N2O2. The van der Waals surface area contributed by atoms with Crippen molar-refractivity contribution in [1.29, 1.82) is 0 Å². The van der Waals surface area contributed by atoms with Crippen LogP contribution in [0.5, 0.6) is 5.75 Å². The number of hydrogen-bond donors (Lipinski definition) is 2. The van der Waals surface area contributed by atoms with Crippen LogP contribution in [0.25, 0.3) is 0 Å². The largest absolute Gasteiger partial charge is 0.433 e. The standard InChI is InChI=1S/C16H15F3N2O2/c1-10-6-7-11(17)8-13(10)20-9-15(22)21-12-4-2-3-5-14(12)23-16(18)19/h2-8,16,20H,9H2,1H3,(H,21,22). The van der Waals surface area contributed by atoms with Crippen molar-refractivity contribution in [3.63, 3.8) is 0 Å². The molecule has 0 unspecified atom stereocenters. The van der Waals surface area contributed by atoms with Gasteiger partial charge in [-0.15, -0.1) is 0 Å². The third kappa shape index (κ3) is 4.91. The van der Waals surface area contributed by atoms with Crippen LogP contribution in [0.4, 0.5) is 24.5 Å². The van der Waals surface area contributed by atoms with Gasteiger partial charge in [-0.3, -0.25) is 4.79 Å². The SMILES string of the molecule is Cc1ccc(F)cc1NCC(=O)Nc1ccccc1OC(F)F. The second-order valence-corrected chi connectivity index (χ2v) is 4.74. The van der Waals surface area contributed by atoms with Gasteiger partial charge >= 0.3 is 6.61 Å². The normalized spacial score (nSPS) is 10.5. The van der Waals surface area contributed by atoms with Gasteiger partial charge in [0.05, 0.1) is 12.2 Å². The van der Waals surface area contributed by atoms with Crippen LogP contribution in [-0.2, 0) is 4.79 Å². The summed E-state index contributed by atoms with van der Waals surface area (Å²) in [5.41, 5.74) is 1.40. The van der Waals surface area contributed by atoms with Gasteiger partial charge < -0.3 is 15.4 Å². The van der Waals surface area contributed by atoms with E-state index in [1.54, 1.807) is 19.1 Å². The highest BCUT2D eigenvalue weighted by Gasteiger charge is 2.11. The van der Waals surface area contributed by atoms with Gasteiger partial charge in [-0.25, -0.2) is 4.39 Å². The molecule has 0 aliphatic heterocycles. The third-order valence-corrected chi connectivity index (χ3v) is 3.02. The molecule has 2 rings (SSSR count). The maximum Gasteiger partial charge on any atom is 0.387 e. The second-order valence-electron chi connectivity index (χ2n) is 4.74. The van der Waals surface area contributed by atoms with Crippen LogP contribution in [0, 0.1) is 12.7 Å². The Morgan fingerprint density at radius 3 is 2.65 bits per heavy atom. The summed E-state index contributed by atoms with van der Waals surface area (Å²) >= 11 is 0. The average molecular weight is 324 g/mol. The van der Waals surface area contributed by atoms with Crippen LogP contribution >= 0.6 is 0 Å². The molecule has 7 heteroatoms. The number of anilines is 2. The third-order valence-electron chi connectivity index (χ3n) is 3.02. The topological polar surface area (TPSA) is 50.4 Å². The minimum atomic E-state index is -2.99. The Morgan fingerprint density at radius 1 is 1.17 bits per heavy atom. The fraction of sp³-hybridized carbons (Fsp3) is 0.188. The van der Waals surface area contributed by atoms with Crippen molar-refractivity contribution in [3.05, 3.63) is 53.8 Å². The van der Waals surface area contributed by atoms with E-state index in [4.69, 9.17) is 0 Å². The molecule has 0 fully saturated rings. The molecular weight excluding hydrogens is 309 g/mol. The summed E-state index contributed by atoms with van der Waals surface area (Å²) in [4.78, 5) is 11.9. The summed E-state index contributed by atoms with van der Waals surface area (Å²) < 4.78 is 42.1. The summed E-state index contributed by atoms with van der Waals surface area (Å²) in [5, 5.41) is 5.26. The highest BCUT2D eigenvalue weighted by atomic mass is 19.3. The number of hydrogen-bond acceptors (Lipinski definition) is 3. The van der Waals surface area contributed by atoms with E-state index in [1.807, 2.05) is 0 Å². The molecule has 2 aromatic rings. The molecule has 0 heterocycles. The number of rotatable bonds is 6. The Bertz CT molecular complexity index is 693. The molecule has 0 bridgehead atoms. The highest BCUT2D eigenvalue weighted by molar-refractivity contribution is 5.95. The zero-order chi connectivity index (χ0) is 16.8. The van der Waals surface area contributed by atoms with Gasteiger partial charge in [0.2, 0.25) is 5.91 Å². The first kappa shape index (κ1) is 16.7. The van der Waals surface area contributed by atoms with E-state index in [2.05, 4.69) is 15.4 Å². The van der Waals surface area contributed by atoms with Gasteiger partial charge in [-0.1, -0.05) is 18.2 Å². The second kappa shape index (κ2) is 7.53. The number of amides is 1. The number of para-hydroxylation sites is 2. The van der Waals surface area contributed by atoms with Gasteiger partial charge in [0.15, 0.2) is 0 Å². The number of benzene rings is 2. The summed E-state index contributed by atoms with van der Waals surface area (Å²) in [6.07, 6.45) is 0. The van der Waals surface area contributed by atoms with Crippen LogP contribution in [0.15, 0.2) is 42.5 Å². The van der Waals surface area contributed by atoms with Crippen molar-refractivity contribution in [2.24, 2.45) is 0 Å². The zero-order valence-corrected chi connectivity index (χ0v) is 12.3. The predicted molar refractivity (Wildman–Crippen MR) is 81.3 cm³/mol. The number of aryl methyl sites for hydroxylation is 1. The van der Waals surface area contributed by atoms with Crippen molar-refractivity contribution in [1.82, 2.24) is 0 Å². The number of carbonyl (C=O) groups is 1. The summed E-state index contributed by atoms with van der Waals surface area (Å²) in [6, 6.07) is 10.0. The molecule has 0 radical (unpaired) electrons. The van der Waals surface area contributed by atoms with Crippen molar-refractivity contribution in [2.45, 2.75) is 13.5 Å². The molecule has 0 atom stereocenters. The molecule has 0 saturated heterocycles. The lowest BCUT2D eigenvalue weighted by molar-refractivity contribution is -0.114. The maximum atomic E-state index is 13.2. The molecule has 2 aromatic carbocycles. The van der Waals surface area contributed by atoms with Gasteiger partial charge in [-0.2, -0.15) is 8.78 Å². The van der Waals surface area contributed by atoms with E-state index in [1.165, 1.54) is 30.3 Å². The molecule has 4 nitrogen and oxygen atoms in total. The lowest BCUT2D eigenvalue weighted by Crippen LogP contribution is -2.22. The van der Waals surface area contributed by atoms with Crippen LogP contribution < -0.4 is 15.4 Å². The Hall–Kier alpha value is -2.70. The number of carbonyl (C=O) groups excluding carboxylic acids is 1. The van der Waals surface area contributed by atoms with Gasteiger partial charge in [0, 0.05) is 5.69 Å². The van der Waals surface area contributed by atoms with Gasteiger partial charge in [-0.05, 0) is 36.8 Å². The van der Waals surface area contributed by atoms with Crippen LogP contribution in [0.3, 0.4) is 0 Å². The highest BCUT2D eigenvalue weighted by Crippen LogP contribution is 2.25. The molecule has 23 heavy (non-hydrogen) atoms. The molecule has 0 aliphatic carbocycles. The fourth-order valence-electron chi connectivity index (χ4n) is 1.92. The predicted octanol–water partition coefficient (Wildman–Crippen LogP) is 3.79. The number of halogens is 3. The number of alkyl halides is 2. The zero-order valence-electron chi connectivity index (χ0n) is 12.3. The quantitative estimate of drug-likeness (QED) is 0.850. The number of nitrogens with one attached hydrogen (secondary N) is 2. The lowest BCUT2D eigenvalue weighted by atomic mass is 10.2. The first-order valence-electron chi connectivity index (χ1n) is 6.79. The van der Waals surface area contributed by atoms with E-state index in [9.17, 15) is 18.0 Å². The first-order chi connectivity index (χ1) is 11.0. The van der Waals surface area contributed by atoms with Crippen molar-refractivity contribution >= 4 is 17.3 Å². The molecule has 1 amide bonds. The molecule has 0 aliphatic rings. The van der Waals surface area contributed by atoms with Gasteiger partial charge in [0.1, 0.15) is 11.6 Å². The van der Waals surface area contributed by atoms with Crippen LogP contribution in [0.1, 0.15) is 5.56 Å². The summed E-state index contributed by atoms with van der Waals surface area (Å²) in [5.74, 6) is -1.02. The van der Waals surface area contributed by atoms with Crippen LogP contribution in [0.2, 0.25) is 0 Å². The fourth-order valence-corrected chi connectivity index (χ4v) is 1.92. The Kier molecular flexibility index (Phi) is 5.46. The number of ether oxygens (including phenoxy) is 1. The monoisotopic (exact) mass is 324 g/mol. The molecule has 122 valence electrons. The molecule has 0 spiro atoms. The first-order valence-corrected chi connectivity index (χ1v) is 6.79. The minimum absolute atomic E-state index is 0.127. The average Bonchev–Trinajstić information content (AvgIpc) is 2.50. The van der Waals surface area contributed by atoms with Gasteiger partial charge in [0.25, 0.3) is 0 Å². The summed E-state index contributed by atoms with van der Waals surface area (Å²) in [6.45, 7) is -1.36. The summed E-state index contributed by atoms with van der Waals surface area (Å²) in [7, 11) is 0. The van der Waals surface area contributed by atoms with E-state index in [0.717, 1.165) is 5.56 Å². The minimum Gasteiger partial charge on any atom is -0.433 e. The molecule has 0 aromatic heterocycles. The Labute approximate surface area is 131 Å². The lowest BCUT2D eigenvalue weighted by Gasteiger charge is -2.13. The maximum absolute atomic E-state index is 13.2. The Morgan fingerprint density at radius 2 is 1.91 bits per heavy atom. The molecule has 0 saturated carbocycles. The van der Waals surface area contributed by atoms with E-state index >= 15 is 0 Å². The smallest absolute Gasteiger partial charge is 0.387 e. The van der Waals surface area contributed by atoms with Crippen molar-refractivity contribution in [2.75, 3.05) is 17.2 Å².